The highest BCUT2D eigenvalue weighted by atomic mass is 31.2. The molecule has 0 bridgehead atoms. The molecule has 2 aliphatic rings. The van der Waals surface area contributed by atoms with Crippen LogP contribution in [0.4, 0.5) is 11.4 Å². The van der Waals surface area contributed by atoms with Gasteiger partial charge in [0, 0.05) is 16.5 Å². The topological polar surface area (TPSA) is 75.7 Å². The summed E-state index contributed by atoms with van der Waals surface area (Å²) in [4.78, 5) is 13.3. The van der Waals surface area contributed by atoms with Crippen molar-refractivity contribution in [2.45, 2.75) is 47.0 Å². The number of carbonyl (C=O) groups excluding carboxylic acids is 1. The van der Waals surface area contributed by atoms with Crippen molar-refractivity contribution in [2.75, 3.05) is 4.67 Å². The lowest BCUT2D eigenvalue weighted by Crippen LogP contribution is -2.26. The summed E-state index contributed by atoms with van der Waals surface area (Å²) in [5.74, 6) is 2.79. The smallest absolute Gasteiger partial charge is 0.449 e. The number of hydrogen-bond donors (Lipinski definition) is 0. The van der Waals surface area contributed by atoms with E-state index in [1.165, 1.54) is 0 Å². The van der Waals surface area contributed by atoms with Crippen molar-refractivity contribution in [1.82, 2.24) is 0 Å². The van der Waals surface area contributed by atoms with Crippen LogP contribution in [0.2, 0.25) is 0 Å². The zero-order valence-corrected chi connectivity index (χ0v) is 32.6. The maximum absolute atomic E-state index is 13.3. The van der Waals surface area contributed by atoms with Crippen molar-refractivity contribution >= 4 is 34.5 Å². The number of anilines is 2. The summed E-state index contributed by atoms with van der Waals surface area (Å²) in [6, 6.07) is 40.8. The average molecular weight is 756 g/mol. The summed E-state index contributed by atoms with van der Waals surface area (Å²) >= 11 is 0. The maximum atomic E-state index is 13.3. The van der Waals surface area contributed by atoms with Gasteiger partial charge in [0.1, 0.15) is 11.5 Å². The fourth-order valence-electron chi connectivity index (χ4n) is 6.74. The highest BCUT2D eigenvalue weighted by Gasteiger charge is 2.42. The summed E-state index contributed by atoms with van der Waals surface area (Å²) in [6.07, 6.45) is 0. The highest BCUT2D eigenvalue weighted by molar-refractivity contribution is 7.51. The third-order valence-corrected chi connectivity index (χ3v) is 12.0. The molecule has 0 spiro atoms. The molecule has 2 aliphatic heterocycles. The van der Waals surface area contributed by atoms with Gasteiger partial charge in [-0.25, -0.2) is 4.79 Å². The van der Waals surface area contributed by atoms with Crippen LogP contribution in [0, 0.1) is 27.7 Å². The molecule has 2 heterocycles. The van der Waals surface area contributed by atoms with Crippen LogP contribution in [-0.2, 0) is 9.94 Å². The van der Waals surface area contributed by atoms with E-state index in [-0.39, 0.29) is 0 Å². The summed E-state index contributed by atoms with van der Waals surface area (Å²) in [7, 11) is -3.99. The quantitative estimate of drug-likeness (QED) is 0.135. The van der Waals surface area contributed by atoms with Crippen LogP contribution in [0.15, 0.2) is 127 Å². The van der Waals surface area contributed by atoms with Gasteiger partial charge in [-0.3, -0.25) is 4.67 Å². The van der Waals surface area contributed by atoms with E-state index in [9.17, 15) is 4.79 Å². The minimum atomic E-state index is -2.01. The molecule has 8 nitrogen and oxygen atoms in total. The SMILES string of the molecule is Cc1ccc(OP(Oc2ccc(C)cc2C)Oc2cccc3c2Oc2c(OP4OC(=O)c5ccccc5N4c4ccccc4)cccc2C3(C)C)c(C)c1. The van der Waals surface area contributed by atoms with E-state index in [0.717, 1.165) is 39.1 Å². The van der Waals surface area contributed by atoms with Crippen LogP contribution in [0.1, 0.15) is 57.6 Å². The molecule has 6 aromatic carbocycles. The Bertz CT molecular complexity index is 2330. The fourth-order valence-corrected chi connectivity index (χ4v) is 9.32. The minimum absolute atomic E-state index is 0.431. The molecule has 272 valence electrons. The Balaban J connectivity index is 1.16. The van der Waals surface area contributed by atoms with Crippen LogP contribution >= 0.6 is 17.1 Å². The first kappa shape index (κ1) is 35.5. The van der Waals surface area contributed by atoms with Gasteiger partial charge in [-0.2, -0.15) is 0 Å². The van der Waals surface area contributed by atoms with E-state index in [4.69, 9.17) is 27.4 Å². The zero-order chi connectivity index (χ0) is 37.6. The van der Waals surface area contributed by atoms with Crippen molar-refractivity contribution in [3.05, 3.63) is 166 Å². The number of nitrogens with zero attached hydrogens (tertiary/aromatic N) is 1. The number of carbonyl (C=O) groups is 1. The Kier molecular flexibility index (Phi) is 9.43. The van der Waals surface area contributed by atoms with Crippen molar-refractivity contribution in [3.63, 3.8) is 0 Å². The summed E-state index contributed by atoms with van der Waals surface area (Å²) in [5, 5.41) is 0. The van der Waals surface area contributed by atoms with Gasteiger partial charge in [-0.05, 0) is 87.4 Å². The number of fused-ring (bicyclic) bond motifs is 3. The molecule has 0 radical (unpaired) electrons. The highest BCUT2D eigenvalue weighted by Crippen LogP contribution is 2.60. The maximum Gasteiger partial charge on any atom is 0.530 e. The van der Waals surface area contributed by atoms with Gasteiger partial charge in [-0.1, -0.05) is 104 Å². The number of ether oxygens (including phenoxy) is 1. The molecule has 0 aromatic heterocycles. The van der Waals surface area contributed by atoms with Crippen molar-refractivity contribution < 1.29 is 32.2 Å². The van der Waals surface area contributed by atoms with Gasteiger partial charge in [-0.15, -0.1) is 0 Å². The van der Waals surface area contributed by atoms with E-state index in [1.807, 2.05) is 142 Å². The molecule has 0 fully saturated rings. The second-order valence-electron chi connectivity index (χ2n) is 13.9. The number of rotatable bonds is 9. The second kappa shape index (κ2) is 14.4. The van der Waals surface area contributed by atoms with Crippen LogP contribution < -0.4 is 27.5 Å². The molecule has 54 heavy (non-hydrogen) atoms. The minimum Gasteiger partial charge on any atom is -0.449 e. The number of aryl methyl sites for hydroxylation is 4. The molecule has 0 N–H and O–H groups in total. The monoisotopic (exact) mass is 755 g/mol. The molecule has 0 saturated carbocycles. The first-order valence-corrected chi connectivity index (χ1v) is 19.9. The van der Waals surface area contributed by atoms with Gasteiger partial charge >= 0.3 is 23.1 Å². The molecule has 10 heteroatoms. The zero-order valence-electron chi connectivity index (χ0n) is 30.8. The number of para-hydroxylation sites is 4. The average Bonchev–Trinajstić information content (AvgIpc) is 3.15. The number of benzene rings is 6. The largest absolute Gasteiger partial charge is 0.530 e. The van der Waals surface area contributed by atoms with Crippen LogP contribution in [0.3, 0.4) is 0 Å². The lowest BCUT2D eigenvalue weighted by Gasteiger charge is -2.37. The van der Waals surface area contributed by atoms with Gasteiger partial charge < -0.3 is 27.4 Å². The summed E-state index contributed by atoms with van der Waals surface area (Å²) in [6.45, 7) is 12.4. The van der Waals surface area contributed by atoms with Crippen molar-refractivity contribution in [2.24, 2.45) is 0 Å². The first-order chi connectivity index (χ1) is 26.1. The Morgan fingerprint density at radius 3 is 1.80 bits per heavy atom. The van der Waals surface area contributed by atoms with E-state index < -0.39 is 28.5 Å². The predicted octanol–water partition coefficient (Wildman–Crippen LogP) is 12.7. The summed E-state index contributed by atoms with van der Waals surface area (Å²) < 4.78 is 41.2. The van der Waals surface area contributed by atoms with Crippen LogP contribution in [0.5, 0.6) is 34.5 Å². The van der Waals surface area contributed by atoms with Gasteiger partial charge in [0.05, 0.1) is 16.9 Å². The van der Waals surface area contributed by atoms with E-state index in [1.54, 1.807) is 6.07 Å². The molecule has 8 rings (SSSR count). The van der Waals surface area contributed by atoms with Crippen LogP contribution in [0.25, 0.3) is 0 Å². The molecular formula is C44H39NO7P2. The fraction of sp³-hybridized carbons (Fsp3) is 0.159. The second-order valence-corrected chi connectivity index (χ2v) is 16.1. The Hall–Kier alpha value is -5.55. The number of hydrogen-bond acceptors (Lipinski definition) is 8. The lowest BCUT2D eigenvalue weighted by atomic mass is 9.75. The Morgan fingerprint density at radius 1 is 0.611 bits per heavy atom. The summed E-state index contributed by atoms with van der Waals surface area (Å²) in [5.41, 5.74) is 7.51. The van der Waals surface area contributed by atoms with E-state index in [0.29, 0.717) is 45.7 Å². The predicted molar refractivity (Wildman–Crippen MR) is 214 cm³/mol. The molecule has 0 aliphatic carbocycles. The lowest BCUT2D eigenvalue weighted by molar-refractivity contribution is 0.0735. The van der Waals surface area contributed by atoms with Gasteiger partial charge in [0.2, 0.25) is 0 Å². The van der Waals surface area contributed by atoms with Crippen molar-refractivity contribution in [1.29, 1.82) is 0 Å². The molecule has 0 amide bonds. The molecule has 6 aromatic rings. The Morgan fingerprint density at radius 2 is 1.17 bits per heavy atom. The van der Waals surface area contributed by atoms with Gasteiger partial charge in [0.25, 0.3) is 0 Å². The van der Waals surface area contributed by atoms with E-state index >= 15 is 0 Å². The molecule has 1 unspecified atom stereocenters. The third kappa shape index (κ3) is 6.72. The normalized spacial score (nSPS) is 15.3. The molecule has 1 atom stereocenters. The molecular weight excluding hydrogens is 716 g/mol. The van der Waals surface area contributed by atoms with Crippen molar-refractivity contribution in [3.8, 4) is 34.5 Å². The molecule has 0 saturated heterocycles. The first-order valence-electron chi connectivity index (χ1n) is 17.6. The Labute approximate surface area is 318 Å². The van der Waals surface area contributed by atoms with Gasteiger partial charge in [0.15, 0.2) is 23.0 Å². The third-order valence-electron chi connectivity index (χ3n) is 9.54. The van der Waals surface area contributed by atoms with E-state index in [2.05, 4.69) is 26.0 Å². The standard InChI is InChI=1S/C44H39NO7P2/c1-28-22-24-37(30(3)26-28)49-54(50-38-25-23-29(2)27-31(38)4)51-40-21-13-18-35-42(40)47-41-34(44(35,5)6)17-12-20-39(41)48-53-45(32-14-8-7-9-15-32)36-19-11-10-16-33(36)43(46)52-53/h7-27H,1-6H3. The van der Waals surface area contributed by atoms with Crippen LogP contribution in [-0.4, -0.2) is 5.97 Å².